The highest BCUT2D eigenvalue weighted by molar-refractivity contribution is 5.85. The van der Waals surface area contributed by atoms with E-state index in [1.54, 1.807) is 12.1 Å². The van der Waals surface area contributed by atoms with Crippen molar-refractivity contribution >= 4 is 5.97 Å². The third kappa shape index (κ3) is 2.97. The minimum absolute atomic E-state index is 0.0433. The number of nitrogens with one attached hydrogen (secondary N) is 2. The molecule has 3 N–H and O–H groups in total. The molecule has 0 atom stereocenters. The van der Waals surface area contributed by atoms with Gasteiger partial charge in [0.05, 0.1) is 11.8 Å². The Morgan fingerprint density at radius 3 is 3.00 bits per heavy atom. The molecule has 1 aliphatic heterocycles. The van der Waals surface area contributed by atoms with Crippen LogP contribution in [0.3, 0.4) is 0 Å². The van der Waals surface area contributed by atoms with Crippen LogP contribution in [-0.4, -0.2) is 16.2 Å². The van der Waals surface area contributed by atoms with Crippen molar-refractivity contribution in [1.82, 2.24) is 16.1 Å². The van der Waals surface area contributed by atoms with Crippen LogP contribution in [0.2, 0.25) is 0 Å². The second-order valence-electron chi connectivity index (χ2n) is 3.63. The van der Waals surface area contributed by atoms with Crippen LogP contribution in [0, 0.1) is 11.8 Å². The molecule has 0 bridgehead atoms. The van der Waals surface area contributed by atoms with E-state index in [0.29, 0.717) is 11.3 Å². The summed E-state index contributed by atoms with van der Waals surface area (Å²) in [5, 5.41) is 10.0. The summed E-state index contributed by atoms with van der Waals surface area (Å²) in [6.07, 6.45) is 2.03. The molecule has 0 amide bonds. The zero-order chi connectivity index (χ0) is 13.7. The Morgan fingerprint density at radius 1 is 1.47 bits per heavy atom. The fourth-order valence-electron chi connectivity index (χ4n) is 1.43. The van der Waals surface area contributed by atoms with Gasteiger partial charge in [-0.25, -0.2) is 4.79 Å². The fraction of sp³-hybridized carbons (Fsp3) is 0.154. The van der Waals surface area contributed by atoms with Crippen LogP contribution < -0.4 is 15.8 Å². The van der Waals surface area contributed by atoms with Crippen LogP contribution in [0.5, 0.6) is 5.75 Å². The first-order valence-electron chi connectivity index (χ1n) is 5.73. The average molecular weight is 259 g/mol. The molecule has 6 nitrogen and oxygen atoms in total. The summed E-state index contributed by atoms with van der Waals surface area (Å²) in [5.74, 6) is 5.29. The Labute approximate surface area is 110 Å². The number of aliphatic carboxylic acids is 1. The van der Waals surface area contributed by atoms with Gasteiger partial charge in [-0.3, -0.25) is 0 Å². The standard InChI is InChI=1S/C13H13N3O3/c1-2-3-6-10-7-4-5-8-12(10)19-16-11(13(17)18)9-14-15-16/h4-5,7-9,14-15H,2H2,1H3,(H,17,18). The summed E-state index contributed by atoms with van der Waals surface area (Å²) in [6.45, 7) is 1.95. The van der Waals surface area contributed by atoms with E-state index in [1.807, 2.05) is 19.1 Å². The molecular weight excluding hydrogens is 246 g/mol. The van der Waals surface area contributed by atoms with Crippen LogP contribution in [0.1, 0.15) is 18.9 Å². The number of hydroxylamine groups is 1. The first-order valence-corrected chi connectivity index (χ1v) is 5.73. The van der Waals surface area contributed by atoms with Crippen molar-refractivity contribution in [2.75, 3.05) is 0 Å². The predicted octanol–water partition coefficient (Wildman–Crippen LogP) is 0.993. The Balaban J connectivity index is 2.20. The maximum absolute atomic E-state index is 11.0. The summed E-state index contributed by atoms with van der Waals surface area (Å²) < 4.78 is 0. The maximum Gasteiger partial charge on any atom is 0.358 e. The molecule has 1 heterocycles. The third-order valence-corrected chi connectivity index (χ3v) is 2.29. The van der Waals surface area contributed by atoms with Crippen molar-refractivity contribution in [2.45, 2.75) is 13.3 Å². The second kappa shape index (κ2) is 5.80. The van der Waals surface area contributed by atoms with Crippen LogP contribution in [0.25, 0.3) is 0 Å². The van der Waals surface area contributed by atoms with Gasteiger partial charge in [0.2, 0.25) is 0 Å². The molecule has 19 heavy (non-hydrogen) atoms. The van der Waals surface area contributed by atoms with Crippen molar-refractivity contribution < 1.29 is 14.7 Å². The molecule has 0 saturated heterocycles. The van der Waals surface area contributed by atoms with E-state index in [2.05, 4.69) is 22.8 Å². The molecule has 1 aliphatic rings. The zero-order valence-corrected chi connectivity index (χ0v) is 10.3. The lowest BCUT2D eigenvalue weighted by Gasteiger charge is -2.19. The topological polar surface area (TPSA) is 73.8 Å². The largest absolute Gasteiger partial charge is 0.476 e. The van der Waals surface area contributed by atoms with E-state index in [1.165, 1.54) is 6.20 Å². The van der Waals surface area contributed by atoms with Crippen LogP contribution in [0.15, 0.2) is 36.2 Å². The van der Waals surface area contributed by atoms with Gasteiger partial charge in [0.1, 0.15) is 0 Å². The Bertz CT molecular complexity index is 572. The molecule has 98 valence electrons. The summed E-state index contributed by atoms with van der Waals surface area (Å²) in [7, 11) is 0. The van der Waals surface area contributed by atoms with Crippen molar-refractivity contribution in [3.8, 4) is 17.6 Å². The van der Waals surface area contributed by atoms with E-state index in [9.17, 15) is 4.79 Å². The van der Waals surface area contributed by atoms with Gasteiger partial charge >= 0.3 is 5.97 Å². The number of hydrogen-bond acceptors (Lipinski definition) is 5. The molecule has 0 fully saturated rings. The van der Waals surface area contributed by atoms with Crippen LogP contribution >= 0.6 is 0 Å². The number of carboxylic acids is 1. The first-order chi connectivity index (χ1) is 9.22. The average Bonchev–Trinajstić information content (AvgIpc) is 2.86. The predicted molar refractivity (Wildman–Crippen MR) is 68.1 cm³/mol. The lowest BCUT2D eigenvalue weighted by Crippen LogP contribution is -2.41. The van der Waals surface area contributed by atoms with E-state index >= 15 is 0 Å². The normalized spacial score (nSPS) is 13.1. The smallest absolute Gasteiger partial charge is 0.358 e. The minimum atomic E-state index is -1.10. The Morgan fingerprint density at radius 2 is 2.26 bits per heavy atom. The summed E-state index contributed by atoms with van der Waals surface area (Å²) in [4.78, 5) is 16.4. The SMILES string of the molecule is CCC#Cc1ccccc1ON1NNC=C1C(=O)O. The number of hydrazine groups is 2. The van der Waals surface area contributed by atoms with E-state index in [-0.39, 0.29) is 5.70 Å². The van der Waals surface area contributed by atoms with Gasteiger partial charge in [-0.2, -0.15) is 0 Å². The number of carboxylic acid groups (broad SMARTS) is 1. The molecule has 2 rings (SSSR count). The number of carbonyl (C=O) groups is 1. The quantitative estimate of drug-likeness (QED) is 0.703. The third-order valence-electron chi connectivity index (χ3n) is 2.29. The van der Waals surface area contributed by atoms with Crippen molar-refractivity contribution in [3.05, 3.63) is 41.7 Å². The van der Waals surface area contributed by atoms with Crippen molar-refractivity contribution in [2.24, 2.45) is 0 Å². The van der Waals surface area contributed by atoms with Crippen LogP contribution in [-0.2, 0) is 4.79 Å². The van der Waals surface area contributed by atoms with Crippen LogP contribution in [0.4, 0.5) is 0 Å². The van der Waals surface area contributed by atoms with E-state index in [4.69, 9.17) is 9.94 Å². The van der Waals surface area contributed by atoms with E-state index in [0.717, 1.165) is 11.6 Å². The highest BCUT2D eigenvalue weighted by atomic mass is 16.7. The molecule has 1 aromatic carbocycles. The molecule has 0 aromatic heterocycles. The van der Waals surface area contributed by atoms with E-state index < -0.39 is 5.97 Å². The number of nitrogens with zero attached hydrogens (tertiary/aromatic N) is 1. The number of para-hydroxylation sites is 1. The number of benzene rings is 1. The van der Waals surface area contributed by atoms with Gasteiger partial charge in [0.25, 0.3) is 0 Å². The highest BCUT2D eigenvalue weighted by Gasteiger charge is 2.23. The summed E-state index contributed by atoms with van der Waals surface area (Å²) >= 11 is 0. The van der Waals surface area contributed by atoms with Crippen molar-refractivity contribution in [1.29, 1.82) is 0 Å². The molecule has 0 spiro atoms. The summed E-state index contributed by atoms with van der Waals surface area (Å²) in [6, 6.07) is 7.17. The molecule has 0 saturated carbocycles. The van der Waals surface area contributed by atoms with Gasteiger partial charge < -0.3 is 15.4 Å². The lowest BCUT2D eigenvalue weighted by atomic mass is 10.2. The van der Waals surface area contributed by atoms with Gasteiger partial charge in [0.15, 0.2) is 11.4 Å². The lowest BCUT2D eigenvalue weighted by molar-refractivity contribution is -0.142. The maximum atomic E-state index is 11.0. The first kappa shape index (κ1) is 12.8. The Hall–Kier alpha value is -2.65. The molecule has 6 heteroatoms. The minimum Gasteiger partial charge on any atom is -0.476 e. The van der Waals surface area contributed by atoms with Crippen molar-refractivity contribution in [3.63, 3.8) is 0 Å². The molecule has 0 aliphatic carbocycles. The molecule has 0 radical (unpaired) electrons. The molecular formula is C13H13N3O3. The fourth-order valence-corrected chi connectivity index (χ4v) is 1.43. The Kier molecular flexibility index (Phi) is 3.90. The van der Waals surface area contributed by atoms with Gasteiger partial charge in [0, 0.05) is 6.42 Å². The monoisotopic (exact) mass is 259 g/mol. The number of rotatable bonds is 3. The molecule has 0 unspecified atom stereocenters. The van der Waals surface area contributed by atoms with Gasteiger partial charge in [-0.15, -0.1) is 10.7 Å². The second-order valence-corrected chi connectivity index (χ2v) is 3.63. The van der Waals surface area contributed by atoms with Gasteiger partial charge in [-0.1, -0.05) is 30.9 Å². The highest BCUT2D eigenvalue weighted by Crippen LogP contribution is 2.19. The zero-order valence-electron chi connectivity index (χ0n) is 10.3. The summed E-state index contributed by atoms with van der Waals surface area (Å²) in [5.41, 5.74) is 5.77. The molecule has 1 aromatic rings. The van der Waals surface area contributed by atoms with Gasteiger partial charge in [-0.05, 0) is 12.1 Å². The number of hydrogen-bond donors (Lipinski definition) is 3.